The Labute approximate surface area is 229 Å². The lowest BCUT2D eigenvalue weighted by Crippen LogP contribution is -2.80. The van der Waals surface area contributed by atoms with Crippen molar-refractivity contribution < 1.29 is 38.5 Å². The first kappa shape index (κ1) is 29.7. The summed E-state index contributed by atoms with van der Waals surface area (Å²) in [5, 5.41) is 31.6. The van der Waals surface area contributed by atoms with Gasteiger partial charge in [-0.25, -0.2) is 14.1 Å². The number of nitrogens with two attached hydrogens (primary N) is 1. The number of hydrogen-bond donors (Lipinski definition) is 7. The van der Waals surface area contributed by atoms with Gasteiger partial charge < -0.3 is 29.9 Å². The molecule has 0 spiro atoms. The van der Waals surface area contributed by atoms with Gasteiger partial charge in [0.1, 0.15) is 42.5 Å². The molecular formula is C24H45N6O8P. The average molecular weight is 577 g/mol. The summed E-state index contributed by atoms with van der Waals surface area (Å²) in [4.78, 5) is 25.5. The monoisotopic (exact) mass is 576 g/mol. The zero-order valence-corrected chi connectivity index (χ0v) is 23.3. The maximum Gasteiger partial charge on any atom is 0.405 e. The van der Waals surface area contributed by atoms with E-state index in [0.717, 1.165) is 38.5 Å². The molecule has 5 aliphatic rings. The van der Waals surface area contributed by atoms with Crippen LogP contribution in [0.2, 0.25) is 0 Å². The van der Waals surface area contributed by atoms with Gasteiger partial charge in [-0.2, -0.15) is 0 Å². The van der Waals surface area contributed by atoms with Crippen LogP contribution in [0.15, 0.2) is 0 Å². The summed E-state index contributed by atoms with van der Waals surface area (Å²) in [7, 11) is -4.13. The highest BCUT2D eigenvalue weighted by molar-refractivity contribution is 7.50. The Morgan fingerprint density at radius 3 is 2.36 bits per heavy atom. The highest BCUT2D eigenvalue weighted by atomic mass is 31.2. The molecule has 39 heavy (non-hydrogen) atoms. The van der Waals surface area contributed by atoms with Gasteiger partial charge in [-0.1, -0.05) is 44.9 Å². The second kappa shape index (κ2) is 12.6. The predicted molar refractivity (Wildman–Crippen MR) is 140 cm³/mol. The molecule has 4 heterocycles. The van der Waals surface area contributed by atoms with Gasteiger partial charge in [0.25, 0.3) is 0 Å². The van der Waals surface area contributed by atoms with Gasteiger partial charge in [0.15, 0.2) is 0 Å². The molecule has 5 rings (SSSR count). The first-order valence-corrected chi connectivity index (χ1v) is 15.9. The molecule has 0 radical (unpaired) electrons. The van der Waals surface area contributed by atoms with E-state index in [1.165, 1.54) is 23.9 Å². The summed E-state index contributed by atoms with van der Waals surface area (Å²) in [5.74, 6) is -0.185. The number of carbonyl (C=O) groups is 1. The summed E-state index contributed by atoms with van der Waals surface area (Å²) < 4.78 is 30.9. The summed E-state index contributed by atoms with van der Waals surface area (Å²) in [6.45, 7) is 1.01. The molecule has 224 valence electrons. The van der Waals surface area contributed by atoms with Gasteiger partial charge in [-0.15, -0.1) is 0 Å². The Bertz CT molecular complexity index is 889. The molecule has 5 fully saturated rings. The van der Waals surface area contributed by atoms with Crippen LogP contribution in [0.25, 0.3) is 0 Å². The van der Waals surface area contributed by atoms with Gasteiger partial charge in [0.05, 0.1) is 26.5 Å². The Morgan fingerprint density at radius 1 is 1.05 bits per heavy atom. The number of nitrogens with zero attached hydrogens (tertiary/aromatic N) is 2. The normalized spacial score (nSPS) is 41.6. The van der Waals surface area contributed by atoms with E-state index in [1.54, 1.807) is 0 Å². The summed E-state index contributed by atoms with van der Waals surface area (Å²) in [6.07, 6.45) is 4.15. The minimum Gasteiger partial charge on any atom is -0.387 e. The van der Waals surface area contributed by atoms with Gasteiger partial charge >= 0.3 is 7.75 Å². The second-order valence-electron chi connectivity index (χ2n) is 11.4. The van der Waals surface area contributed by atoms with Crippen molar-refractivity contribution >= 4 is 13.7 Å². The van der Waals surface area contributed by atoms with Crippen LogP contribution in [-0.2, 0) is 23.4 Å². The van der Waals surface area contributed by atoms with Crippen LogP contribution in [0.1, 0.15) is 57.8 Å². The van der Waals surface area contributed by atoms with Crippen molar-refractivity contribution in [3.05, 3.63) is 0 Å². The largest absolute Gasteiger partial charge is 0.405 e. The van der Waals surface area contributed by atoms with Crippen molar-refractivity contribution in [3.8, 4) is 0 Å². The number of aliphatic hydroxyl groups excluding tert-OH is 2. The quantitative estimate of drug-likeness (QED) is 0.189. The van der Waals surface area contributed by atoms with E-state index < -0.39 is 50.3 Å². The molecule has 4 saturated heterocycles. The van der Waals surface area contributed by atoms with E-state index in [4.69, 9.17) is 19.7 Å². The number of hydrogen-bond acceptors (Lipinski definition) is 11. The zero-order chi connectivity index (χ0) is 27.6. The SMILES string of the molecule is NC1NC(=O)C2NCN([C@@H]3O[C@H](COP(=O)(O)N4CCOCC4)[C@@H](O)[C@H]3O)C2(C2CCCCCCCCC2)N1. The molecule has 1 aliphatic carbocycles. The van der Waals surface area contributed by atoms with E-state index in [2.05, 4.69) is 16.0 Å². The Balaban J connectivity index is 1.35. The molecular weight excluding hydrogens is 531 g/mol. The number of ether oxygens (including phenoxy) is 2. The summed E-state index contributed by atoms with van der Waals surface area (Å²) >= 11 is 0. The van der Waals surface area contributed by atoms with Gasteiger partial charge in [0, 0.05) is 13.1 Å². The number of morpholine rings is 1. The molecule has 0 aromatic rings. The Hall–Kier alpha value is -0.740. The van der Waals surface area contributed by atoms with Crippen molar-refractivity contribution in [1.29, 1.82) is 0 Å². The Kier molecular flexibility index (Phi) is 9.64. The van der Waals surface area contributed by atoms with Gasteiger partial charge in [-0.05, 0) is 18.8 Å². The topological polar surface area (TPSA) is 191 Å². The van der Waals surface area contributed by atoms with Gasteiger partial charge in [-0.3, -0.25) is 25.7 Å². The van der Waals surface area contributed by atoms with Crippen LogP contribution >= 0.6 is 7.75 Å². The molecule has 0 aromatic carbocycles. The molecule has 0 aromatic heterocycles. The van der Waals surface area contributed by atoms with E-state index >= 15 is 0 Å². The van der Waals surface area contributed by atoms with Crippen molar-refractivity contribution in [3.63, 3.8) is 0 Å². The first-order chi connectivity index (χ1) is 18.7. The maximum absolute atomic E-state index is 13.2. The molecule has 14 nitrogen and oxygen atoms in total. The van der Waals surface area contributed by atoms with Crippen LogP contribution in [0, 0.1) is 5.92 Å². The van der Waals surface area contributed by atoms with Crippen LogP contribution in [-0.4, -0.2) is 113 Å². The highest BCUT2D eigenvalue weighted by Gasteiger charge is 2.63. The number of nitrogens with one attached hydrogen (secondary N) is 3. The van der Waals surface area contributed by atoms with Crippen LogP contribution in [0.4, 0.5) is 0 Å². The number of fused-ring (bicyclic) bond motifs is 1. The third kappa shape index (κ3) is 6.08. The van der Waals surface area contributed by atoms with E-state index in [0.29, 0.717) is 13.2 Å². The smallest absolute Gasteiger partial charge is 0.387 e. The fourth-order valence-electron chi connectivity index (χ4n) is 6.94. The number of rotatable bonds is 6. The minimum absolute atomic E-state index is 0.0370. The average Bonchev–Trinajstić information content (AvgIpc) is 3.44. The standard InChI is InChI=1S/C24H45N6O8P/c25-23-27-21(33)20-24(28-23,16-8-6-4-2-1-3-5-7-9-16)30(15-26-20)22-19(32)18(31)17(38-22)14-37-39(34,35)29-10-12-36-13-11-29/h16-20,22-23,26,28,31-32H,1-15,25H2,(H,27,33)(H,34,35)/t17-,18-,19-,20?,22-,23?,24?/m1/s1. The third-order valence-electron chi connectivity index (χ3n) is 8.95. The van der Waals surface area contributed by atoms with Crippen LogP contribution in [0.3, 0.4) is 0 Å². The highest BCUT2D eigenvalue weighted by Crippen LogP contribution is 2.48. The van der Waals surface area contributed by atoms with Crippen molar-refractivity contribution in [1.82, 2.24) is 25.5 Å². The van der Waals surface area contributed by atoms with Crippen molar-refractivity contribution in [2.75, 3.05) is 39.6 Å². The van der Waals surface area contributed by atoms with E-state index in [1.807, 2.05) is 4.90 Å². The fraction of sp³-hybridized carbons (Fsp3) is 0.958. The lowest BCUT2D eigenvalue weighted by Gasteiger charge is -2.53. The molecule has 8 N–H and O–H groups in total. The van der Waals surface area contributed by atoms with E-state index in [-0.39, 0.29) is 38.2 Å². The van der Waals surface area contributed by atoms with Gasteiger partial charge in [0.2, 0.25) is 5.91 Å². The second-order valence-corrected chi connectivity index (χ2v) is 13.2. The fourth-order valence-corrected chi connectivity index (χ4v) is 8.12. The van der Waals surface area contributed by atoms with Crippen LogP contribution < -0.4 is 21.7 Å². The first-order valence-electron chi connectivity index (χ1n) is 14.4. The predicted octanol–water partition coefficient (Wildman–Crippen LogP) is -1.09. The number of amides is 1. The zero-order valence-electron chi connectivity index (χ0n) is 22.4. The summed E-state index contributed by atoms with van der Waals surface area (Å²) in [5.41, 5.74) is 5.33. The molecule has 1 saturated carbocycles. The van der Waals surface area contributed by atoms with Crippen molar-refractivity contribution in [2.45, 2.75) is 100 Å². The van der Waals surface area contributed by atoms with Crippen LogP contribution in [0.5, 0.6) is 0 Å². The molecule has 1 amide bonds. The lowest BCUT2D eigenvalue weighted by atomic mass is 9.76. The number of carbonyl (C=O) groups excluding carboxylic acids is 1. The lowest BCUT2D eigenvalue weighted by molar-refractivity contribution is -0.164. The van der Waals surface area contributed by atoms with E-state index in [9.17, 15) is 24.5 Å². The molecule has 0 bridgehead atoms. The molecule has 15 heteroatoms. The molecule has 8 atom stereocenters. The summed E-state index contributed by atoms with van der Waals surface area (Å²) in [6, 6.07) is -0.632. The maximum atomic E-state index is 13.2. The number of aliphatic hydroxyl groups is 2. The Morgan fingerprint density at radius 2 is 1.69 bits per heavy atom. The van der Waals surface area contributed by atoms with Crippen molar-refractivity contribution in [2.24, 2.45) is 11.7 Å². The third-order valence-corrected chi connectivity index (χ3v) is 10.6. The molecule has 4 unspecified atom stereocenters. The minimum atomic E-state index is -4.13. The molecule has 4 aliphatic heterocycles.